The molecule has 0 bridgehead atoms. The highest BCUT2D eigenvalue weighted by Crippen LogP contribution is 2.35. The summed E-state index contributed by atoms with van der Waals surface area (Å²) in [5.74, 6) is -0.329. The molecule has 4 rings (SSSR count). The van der Waals surface area contributed by atoms with Crippen LogP contribution in [0.4, 0.5) is 0 Å². The maximum absolute atomic E-state index is 10.7. The van der Waals surface area contributed by atoms with Crippen LogP contribution in [0.15, 0.2) is 28.5 Å². The molecular formula is C15H15ClN2OS2. The second kappa shape index (κ2) is 6.40. The van der Waals surface area contributed by atoms with Crippen molar-refractivity contribution in [2.45, 2.75) is 30.0 Å². The van der Waals surface area contributed by atoms with E-state index in [1.807, 2.05) is 12.1 Å². The van der Waals surface area contributed by atoms with Crippen LogP contribution >= 0.6 is 34.9 Å². The summed E-state index contributed by atoms with van der Waals surface area (Å²) in [6.07, 6.45) is 3.76. The Morgan fingerprint density at radius 2 is 2.00 bits per heavy atom. The summed E-state index contributed by atoms with van der Waals surface area (Å²) in [6, 6.07) is 8.07. The molecule has 3 nitrogen and oxygen atoms in total. The average molecular weight is 339 g/mol. The zero-order valence-electron chi connectivity index (χ0n) is 11.3. The van der Waals surface area contributed by atoms with E-state index in [0.717, 1.165) is 11.6 Å². The first-order valence-corrected chi connectivity index (χ1v) is 8.74. The number of benzene rings is 1. The summed E-state index contributed by atoms with van der Waals surface area (Å²) >= 11 is 8.85. The Bertz CT molecular complexity index is 663. The van der Waals surface area contributed by atoms with E-state index in [1.165, 1.54) is 51.5 Å². The van der Waals surface area contributed by atoms with Crippen LogP contribution in [0.25, 0.3) is 0 Å². The number of amides is 1. The minimum atomic E-state index is -0.329. The van der Waals surface area contributed by atoms with Crippen molar-refractivity contribution in [3.63, 3.8) is 0 Å². The SMILES string of the molecule is Clc1ccc2c(c1)CCC2.NC(=O)c1cc2c(s1)SNC2. The fourth-order valence-electron chi connectivity index (χ4n) is 2.46. The molecule has 0 saturated carbocycles. The lowest BCUT2D eigenvalue weighted by molar-refractivity contribution is 0.100. The van der Waals surface area contributed by atoms with E-state index in [0.29, 0.717) is 4.88 Å². The van der Waals surface area contributed by atoms with Gasteiger partial charge in [-0.25, -0.2) is 0 Å². The molecule has 0 fully saturated rings. The van der Waals surface area contributed by atoms with Gasteiger partial charge in [-0.2, -0.15) is 0 Å². The molecule has 21 heavy (non-hydrogen) atoms. The largest absolute Gasteiger partial charge is 0.365 e. The lowest BCUT2D eigenvalue weighted by atomic mass is 10.1. The van der Waals surface area contributed by atoms with Crippen LogP contribution in [0, 0.1) is 0 Å². The monoisotopic (exact) mass is 338 g/mol. The van der Waals surface area contributed by atoms with Crippen molar-refractivity contribution in [3.8, 4) is 0 Å². The molecule has 0 unspecified atom stereocenters. The lowest BCUT2D eigenvalue weighted by Crippen LogP contribution is -2.08. The van der Waals surface area contributed by atoms with Crippen LogP contribution in [0.2, 0.25) is 5.02 Å². The van der Waals surface area contributed by atoms with E-state index in [9.17, 15) is 4.79 Å². The standard InChI is InChI=1S/C9H9Cl.C6H6N2OS2/c10-9-5-4-7-2-1-3-8(7)6-9;7-5(9)4-1-3-2-8-11-6(3)10-4/h4-6H,1-3H2;1,8H,2H2,(H2,7,9). The van der Waals surface area contributed by atoms with Gasteiger partial charge in [0.25, 0.3) is 5.91 Å². The highest BCUT2D eigenvalue weighted by molar-refractivity contribution is 7.99. The summed E-state index contributed by atoms with van der Waals surface area (Å²) in [5, 5.41) is 0.876. The third-order valence-electron chi connectivity index (χ3n) is 3.50. The van der Waals surface area contributed by atoms with Gasteiger partial charge in [-0.15, -0.1) is 11.3 Å². The summed E-state index contributed by atoms with van der Waals surface area (Å²) in [6.45, 7) is 0.837. The molecular weight excluding hydrogens is 324 g/mol. The minimum Gasteiger partial charge on any atom is -0.365 e. The van der Waals surface area contributed by atoms with Gasteiger partial charge in [0.1, 0.15) is 0 Å². The smallest absolute Gasteiger partial charge is 0.258 e. The number of thiophene rings is 1. The van der Waals surface area contributed by atoms with E-state index in [2.05, 4.69) is 16.9 Å². The maximum Gasteiger partial charge on any atom is 0.258 e. The first kappa shape index (κ1) is 14.9. The van der Waals surface area contributed by atoms with Crippen molar-refractivity contribution in [1.29, 1.82) is 0 Å². The van der Waals surface area contributed by atoms with Crippen molar-refractivity contribution in [2.24, 2.45) is 5.73 Å². The summed E-state index contributed by atoms with van der Waals surface area (Å²) in [4.78, 5) is 11.4. The van der Waals surface area contributed by atoms with E-state index in [-0.39, 0.29) is 5.91 Å². The fourth-order valence-corrected chi connectivity index (χ4v) is 4.65. The highest BCUT2D eigenvalue weighted by Gasteiger charge is 2.17. The van der Waals surface area contributed by atoms with Gasteiger partial charge in [0.2, 0.25) is 0 Å². The van der Waals surface area contributed by atoms with Crippen LogP contribution in [-0.4, -0.2) is 5.91 Å². The van der Waals surface area contributed by atoms with E-state index in [1.54, 1.807) is 11.9 Å². The van der Waals surface area contributed by atoms with Gasteiger partial charge in [-0.1, -0.05) is 17.7 Å². The van der Waals surface area contributed by atoms with Crippen molar-refractivity contribution in [1.82, 2.24) is 4.72 Å². The number of hydrogen-bond donors (Lipinski definition) is 2. The predicted octanol–water partition coefficient (Wildman–Crippen LogP) is 3.79. The van der Waals surface area contributed by atoms with Crippen molar-refractivity contribution in [3.05, 3.63) is 50.9 Å². The first-order valence-electron chi connectivity index (χ1n) is 6.73. The number of primary amides is 1. The van der Waals surface area contributed by atoms with Crippen molar-refractivity contribution < 1.29 is 4.79 Å². The van der Waals surface area contributed by atoms with Gasteiger partial charge in [-0.05, 0) is 66.1 Å². The Labute approximate surface area is 137 Å². The molecule has 0 atom stereocenters. The molecule has 1 aromatic heterocycles. The topological polar surface area (TPSA) is 55.1 Å². The normalized spacial score (nSPS) is 15.1. The Morgan fingerprint density at radius 1 is 1.19 bits per heavy atom. The first-order chi connectivity index (χ1) is 10.1. The number of nitrogens with two attached hydrogens (primary N) is 1. The van der Waals surface area contributed by atoms with Gasteiger partial charge in [-0.3, -0.25) is 9.52 Å². The van der Waals surface area contributed by atoms with E-state index >= 15 is 0 Å². The van der Waals surface area contributed by atoms with Gasteiger partial charge < -0.3 is 5.73 Å². The van der Waals surface area contributed by atoms with Gasteiger partial charge >= 0.3 is 0 Å². The molecule has 110 valence electrons. The number of nitrogens with one attached hydrogen (secondary N) is 1. The summed E-state index contributed by atoms with van der Waals surface area (Å²) in [7, 11) is 0. The van der Waals surface area contributed by atoms with Crippen LogP contribution in [-0.2, 0) is 19.4 Å². The quantitative estimate of drug-likeness (QED) is 0.778. The lowest BCUT2D eigenvalue weighted by Gasteiger charge is -1.96. The number of rotatable bonds is 1. The van der Waals surface area contributed by atoms with Crippen LogP contribution in [0.3, 0.4) is 0 Å². The van der Waals surface area contributed by atoms with Gasteiger partial charge in [0, 0.05) is 11.6 Å². The molecule has 3 N–H and O–H groups in total. The fraction of sp³-hybridized carbons (Fsp3) is 0.267. The van der Waals surface area contributed by atoms with Crippen molar-refractivity contribution in [2.75, 3.05) is 0 Å². The molecule has 1 aliphatic carbocycles. The van der Waals surface area contributed by atoms with E-state index in [4.69, 9.17) is 17.3 Å². The zero-order valence-corrected chi connectivity index (χ0v) is 13.7. The molecule has 1 aromatic carbocycles. The van der Waals surface area contributed by atoms with Gasteiger partial charge in [0.15, 0.2) is 0 Å². The van der Waals surface area contributed by atoms with E-state index < -0.39 is 0 Å². The number of carbonyl (C=O) groups excluding carboxylic acids is 1. The number of carbonyl (C=O) groups is 1. The Kier molecular flexibility index (Phi) is 4.54. The average Bonchev–Trinajstić information content (AvgIpc) is 3.13. The molecule has 1 amide bonds. The minimum absolute atomic E-state index is 0.329. The molecule has 1 aliphatic heterocycles. The van der Waals surface area contributed by atoms with Crippen LogP contribution < -0.4 is 10.5 Å². The van der Waals surface area contributed by atoms with Crippen LogP contribution in [0.5, 0.6) is 0 Å². The zero-order chi connectivity index (χ0) is 14.8. The summed E-state index contributed by atoms with van der Waals surface area (Å²) < 4.78 is 4.27. The highest BCUT2D eigenvalue weighted by atomic mass is 35.5. The molecule has 2 aliphatic rings. The number of hydrogen-bond acceptors (Lipinski definition) is 4. The Balaban J connectivity index is 0.000000126. The Morgan fingerprint density at radius 3 is 2.76 bits per heavy atom. The second-order valence-electron chi connectivity index (χ2n) is 4.98. The van der Waals surface area contributed by atoms with Gasteiger partial charge in [0.05, 0.1) is 9.09 Å². The number of halogens is 1. The molecule has 2 heterocycles. The molecule has 6 heteroatoms. The van der Waals surface area contributed by atoms with Crippen molar-refractivity contribution >= 4 is 40.8 Å². The molecule has 2 aromatic rings. The maximum atomic E-state index is 10.7. The third kappa shape index (κ3) is 3.43. The molecule has 0 saturated heterocycles. The number of aryl methyl sites for hydroxylation is 2. The van der Waals surface area contributed by atoms with Crippen LogP contribution in [0.1, 0.15) is 32.8 Å². The second-order valence-corrected chi connectivity index (χ2v) is 7.63. The number of fused-ring (bicyclic) bond motifs is 2. The molecule has 0 spiro atoms. The Hall–Kier alpha value is -1.01. The molecule has 0 radical (unpaired) electrons. The summed E-state index contributed by atoms with van der Waals surface area (Å²) in [5.41, 5.74) is 9.25. The predicted molar refractivity (Wildman–Crippen MR) is 89.0 cm³/mol. The third-order valence-corrected chi connectivity index (χ3v) is 5.96.